The maximum atomic E-state index is 9.24. The summed E-state index contributed by atoms with van der Waals surface area (Å²) in [7, 11) is 0. The fourth-order valence-electron chi connectivity index (χ4n) is 2.27. The Labute approximate surface area is 147 Å². The number of nitrogens with zero attached hydrogens (tertiary/aromatic N) is 4. The number of nitrogens with one attached hydrogen (secondary N) is 2. The average Bonchev–Trinajstić information content (AvgIpc) is 3.00. The highest BCUT2D eigenvalue weighted by atomic mass is 79.9. The molecule has 0 bridgehead atoms. The topological polar surface area (TPSA) is 104 Å². The van der Waals surface area contributed by atoms with E-state index in [4.69, 9.17) is 5.73 Å². The number of fused-ring (bicyclic) bond motifs is 1. The number of nitriles is 1. The summed E-state index contributed by atoms with van der Waals surface area (Å²) < 4.78 is 2.64. The minimum absolute atomic E-state index is 0.439. The lowest BCUT2D eigenvalue weighted by Crippen LogP contribution is -2.22. The van der Waals surface area contributed by atoms with E-state index in [1.54, 1.807) is 4.52 Å². The largest absolute Gasteiger partial charge is 0.340 e. The number of rotatable bonds is 6. The van der Waals surface area contributed by atoms with Gasteiger partial charge < -0.3 is 16.4 Å². The van der Waals surface area contributed by atoms with Crippen LogP contribution in [0.3, 0.4) is 0 Å². The Bertz CT molecular complexity index is 880. The van der Waals surface area contributed by atoms with Crippen molar-refractivity contribution in [1.29, 1.82) is 5.26 Å². The van der Waals surface area contributed by atoms with Gasteiger partial charge in [-0.1, -0.05) is 15.9 Å². The van der Waals surface area contributed by atoms with Gasteiger partial charge in [0.15, 0.2) is 5.65 Å². The van der Waals surface area contributed by atoms with E-state index in [2.05, 4.69) is 42.7 Å². The van der Waals surface area contributed by atoms with Crippen LogP contribution in [0.25, 0.3) is 5.65 Å². The number of anilines is 2. The molecule has 0 fully saturated rings. The molecule has 8 heteroatoms. The van der Waals surface area contributed by atoms with Gasteiger partial charge in [-0.2, -0.15) is 14.9 Å². The predicted octanol–water partition coefficient (Wildman–Crippen LogP) is 2.16. The van der Waals surface area contributed by atoms with Gasteiger partial charge >= 0.3 is 0 Å². The first-order chi connectivity index (χ1) is 11.7. The zero-order valence-electron chi connectivity index (χ0n) is 12.8. The molecule has 0 aliphatic carbocycles. The van der Waals surface area contributed by atoms with Crippen molar-refractivity contribution >= 4 is 33.1 Å². The summed E-state index contributed by atoms with van der Waals surface area (Å²) in [6, 6.07) is 11.8. The summed E-state index contributed by atoms with van der Waals surface area (Å²) in [5.41, 5.74) is 8.20. The van der Waals surface area contributed by atoms with E-state index in [0.717, 1.165) is 21.7 Å². The summed E-state index contributed by atoms with van der Waals surface area (Å²) in [4.78, 5) is 4.52. The lowest BCUT2D eigenvalue weighted by Gasteiger charge is -2.11. The highest BCUT2D eigenvalue weighted by Crippen LogP contribution is 2.21. The van der Waals surface area contributed by atoms with E-state index in [1.807, 2.05) is 30.3 Å². The first kappa shape index (κ1) is 16.4. The van der Waals surface area contributed by atoms with Crippen molar-refractivity contribution < 1.29 is 0 Å². The predicted molar refractivity (Wildman–Crippen MR) is 95.9 cm³/mol. The number of benzene rings is 1. The fourth-order valence-corrected chi connectivity index (χ4v) is 2.54. The van der Waals surface area contributed by atoms with Crippen molar-refractivity contribution in [1.82, 2.24) is 19.9 Å². The molecule has 0 saturated carbocycles. The Morgan fingerprint density at radius 2 is 2.08 bits per heavy atom. The van der Waals surface area contributed by atoms with E-state index >= 15 is 0 Å². The van der Waals surface area contributed by atoms with E-state index in [0.29, 0.717) is 30.8 Å². The second kappa shape index (κ2) is 7.40. The van der Waals surface area contributed by atoms with Crippen LogP contribution in [-0.2, 0) is 6.54 Å². The molecule has 0 aliphatic heterocycles. The quantitative estimate of drug-likeness (QED) is 0.561. The highest BCUT2D eigenvalue weighted by Gasteiger charge is 2.11. The van der Waals surface area contributed by atoms with Crippen LogP contribution in [0, 0.1) is 11.3 Å². The molecular weight excluding hydrogens is 370 g/mol. The van der Waals surface area contributed by atoms with Crippen LogP contribution in [0.4, 0.5) is 11.5 Å². The molecule has 4 N–H and O–H groups in total. The van der Waals surface area contributed by atoms with Crippen molar-refractivity contribution in [3.05, 3.63) is 52.3 Å². The lowest BCUT2D eigenvalue weighted by molar-refractivity contribution is 0.681. The van der Waals surface area contributed by atoms with Crippen molar-refractivity contribution in [2.75, 3.05) is 18.4 Å². The molecule has 2 aromatic heterocycles. The maximum absolute atomic E-state index is 9.24. The number of aromatic nitrogens is 3. The normalized spacial score (nSPS) is 10.7. The van der Waals surface area contributed by atoms with E-state index in [1.165, 1.54) is 6.20 Å². The third-order valence-corrected chi connectivity index (χ3v) is 3.92. The fraction of sp³-hybridized carbons (Fsp3) is 0.188. The molecule has 0 amide bonds. The van der Waals surface area contributed by atoms with Gasteiger partial charge in [0.2, 0.25) is 0 Å². The summed E-state index contributed by atoms with van der Waals surface area (Å²) in [5, 5.41) is 20.0. The van der Waals surface area contributed by atoms with Crippen LogP contribution in [0.1, 0.15) is 11.3 Å². The van der Waals surface area contributed by atoms with Crippen LogP contribution >= 0.6 is 15.9 Å². The highest BCUT2D eigenvalue weighted by molar-refractivity contribution is 9.10. The molecule has 3 rings (SSSR count). The lowest BCUT2D eigenvalue weighted by atomic mass is 10.3. The molecule has 0 aliphatic rings. The molecular formula is C16H16BrN7. The average molecular weight is 386 g/mol. The van der Waals surface area contributed by atoms with Crippen LogP contribution in [-0.4, -0.2) is 27.7 Å². The van der Waals surface area contributed by atoms with Gasteiger partial charge in [-0.05, 0) is 24.3 Å². The smallest absolute Gasteiger partial charge is 0.175 e. The van der Waals surface area contributed by atoms with Crippen molar-refractivity contribution in [3.63, 3.8) is 0 Å². The van der Waals surface area contributed by atoms with E-state index < -0.39 is 0 Å². The summed E-state index contributed by atoms with van der Waals surface area (Å²) in [6.07, 6.45) is 1.52. The molecule has 0 spiro atoms. The van der Waals surface area contributed by atoms with Gasteiger partial charge in [0.05, 0.1) is 11.9 Å². The first-order valence-corrected chi connectivity index (χ1v) is 8.21. The Morgan fingerprint density at radius 3 is 2.79 bits per heavy atom. The second-order valence-electron chi connectivity index (χ2n) is 5.14. The second-order valence-corrected chi connectivity index (χ2v) is 6.05. The molecule has 7 nitrogen and oxygen atoms in total. The Kier molecular flexibility index (Phi) is 5.05. The van der Waals surface area contributed by atoms with Crippen LogP contribution in [0.2, 0.25) is 0 Å². The maximum Gasteiger partial charge on any atom is 0.175 e. The summed E-state index contributed by atoms with van der Waals surface area (Å²) in [6.45, 7) is 1.83. The van der Waals surface area contributed by atoms with Crippen molar-refractivity contribution in [3.8, 4) is 6.07 Å². The van der Waals surface area contributed by atoms with Gasteiger partial charge in [0, 0.05) is 35.9 Å². The van der Waals surface area contributed by atoms with Crippen molar-refractivity contribution in [2.45, 2.75) is 6.54 Å². The number of halogens is 1. The van der Waals surface area contributed by atoms with E-state index in [-0.39, 0.29) is 0 Å². The van der Waals surface area contributed by atoms with Crippen molar-refractivity contribution in [2.24, 2.45) is 5.73 Å². The minimum atomic E-state index is 0.439. The number of nitrogens with two attached hydrogens (primary N) is 1. The van der Waals surface area contributed by atoms with Gasteiger partial charge in [-0.3, -0.25) is 0 Å². The van der Waals surface area contributed by atoms with Gasteiger partial charge in [-0.25, -0.2) is 4.98 Å². The van der Waals surface area contributed by atoms with Crippen LogP contribution < -0.4 is 16.4 Å². The molecule has 3 aromatic rings. The molecule has 0 unspecified atom stereocenters. The Morgan fingerprint density at radius 1 is 1.29 bits per heavy atom. The minimum Gasteiger partial charge on any atom is -0.340 e. The molecule has 24 heavy (non-hydrogen) atoms. The third-order valence-electron chi connectivity index (χ3n) is 3.39. The molecule has 2 heterocycles. The molecule has 122 valence electrons. The van der Waals surface area contributed by atoms with Gasteiger partial charge in [-0.15, -0.1) is 0 Å². The number of hydrogen-bond donors (Lipinski definition) is 3. The summed E-state index contributed by atoms with van der Waals surface area (Å²) in [5.74, 6) is 0.744. The summed E-state index contributed by atoms with van der Waals surface area (Å²) >= 11 is 3.42. The monoisotopic (exact) mass is 385 g/mol. The van der Waals surface area contributed by atoms with E-state index in [9.17, 15) is 5.26 Å². The SMILES string of the molecule is N#Cc1cnn2c(Nc3ccc(Br)cc3)cc(CNCCN)nc12. The van der Waals surface area contributed by atoms with Gasteiger partial charge in [0.25, 0.3) is 0 Å². The first-order valence-electron chi connectivity index (χ1n) is 7.42. The molecule has 1 aromatic carbocycles. The molecule has 0 saturated heterocycles. The number of hydrogen-bond acceptors (Lipinski definition) is 6. The Hall–Kier alpha value is -2.47. The molecule has 0 atom stereocenters. The third kappa shape index (κ3) is 3.54. The Balaban J connectivity index is 1.99. The standard InChI is InChI=1S/C16H16BrN7/c17-12-1-3-13(4-2-12)22-15-7-14(10-20-6-5-18)23-16-11(8-19)9-21-24(15)16/h1-4,7,9,20,22H,5-6,10,18H2. The zero-order chi connectivity index (χ0) is 16.9. The van der Waals surface area contributed by atoms with Crippen LogP contribution in [0.15, 0.2) is 41.0 Å². The zero-order valence-corrected chi connectivity index (χ0v) is 14.4. The molecule has 0 radical (unpaired) electrons. The van der Waals surface area contributed by atoms with Gasteiger partial charge in [0.1, 0.15) is 17.5 Å². The van der Waals surface area contributed by atoms with Crippen LogP contribution in [0.5, 0.6) is 0 Å².